The monoisotopic (exact) mass is 392 g/mol. The van der Waals surface area contributed by atoms with Crippen LogP contribution in [-0.4, -0.2) is 32.1 Å². The third-order valence-electron chi connectivity index (χ3n) is 4.30. The van der Waals surface area contributed by atoms with Crippen molar-refractivity contribution in [2.45, 2.75) is 6.42 Å². The van der Waals surface area contributed by atoms with Crippen molar-refractivity contribution in [3.05, 3.63) is 71.8 Å². The average molecular weight is 392 g/mol. The van der Waals surface area contributed by atoms with Gasteiger partial charge in [-0.25, -0.2) is 9.69 Å². The van der Waals surface area contributed by atoms with Crippen molar-refractivity contribution in [1.82, 2.24) is 5.32 Å². The Morgan fingerprint density at radius 2 is 1.76 bits per heavy atom. The number of nitrogens with one attached hydrogen (secondary N) is 1. The average Bonchev–Trinajstić information content (AvgIpc) is 2.73. The highest BCUT2D eigenvalue weighted by Crippen LogP contribution is 2.34. The van der Waals surface area contributed by atoms with Crippen LogP contribution in [0, 0.1) is 0 Å². The van der Waals surface area contributed by atoms with Gasteiger partial charge in [0, 0.05) is 6.07 Å². The van der Waals surface area contributed by atoms with Gasteiger partial charge in [-0.05, 0) is 24.1 Å². The number of allylic oxidation sites excluding steroid dienone is 2. The van der Waals surface area contributed by atoms with E-state index >= 15 is 0 Å². The van der Waals surface area contributed by atoms with E-state index in [1.807, 2.05) is 42.5 Å². The summed E-state index contributed by atoms with van der Waals surface area (Å²) in [6.07, 6.45) is 5.56. The lowest BCUT2D eigenvalue weighted by atomic mass is 10.1. The number of urea groups is 1. The van der Waals surface area contributed by atoms with Gasteiger partial charge in [0.05, 0.1) is 19.9 Å². The Kier molecular flexibility index (Phi) is 6.09. The van der Waals surface area contributed by atoms with Gasteiger partial charge in [-0.3, -0.25) is 14.9 Å². The molecule has 2 aromatic carbocycles. The zero-order valence-electron chi connectivity index (χ0n) is 16.0. The van der Waals surface area contributed by atoms with Crippen molar-refractivity contribution >= 4 is 29.6 Å². The summed E-state index contributed by atoms with van der Waals surface area (Å²) in [6, 6.07) is 13.5. The molecule has 0 radical (unpaired) electrons. The quantitative estimate of drug-likeness (QED) is 0.602. The summed E-state index contributed by atoms with van der Waals surface area (Å²) in [5, 5.41) is 2.19. The molecule has 0 saturated carbocycles. The fourth-order valence-electron chi connectivity index (χ4n) is 2.85. The summed E-state index contributed by atoms with van der Waals surface area (Å²) in [5.41, 5.74) is 1.11. The zero-order chi connectivity index (χ0) is 20.8. The number of nitrogens with zero attached hydrogens (tertiary/aromatic N) is 1. The first-order valence-electron chi connectivity index (χ1n) is 8.88. The Hall–Kier alpha value is -3.87. The molecular formula is C22H20N2O5. The van der Waals surface area contributed by atoms with Crippen LogP contribution in [0.1, 0.15) is 12.0 Å². The van der Waals surface area contributed by atoms with E-state index < -0.39 is 17.8 Å². The molecular weight excluding hydrogens is 372 g/mol. The van der Waals surface area contributed by atoms with Crippen molar-refractivity contribution in [2.75, 3.05) is 19.1 Å². The second-order valence-corrected chi connectivity index (χ2v) is 6.10. The molecule has 1 N–H and O–H groups in total. The van der Waals surface area contributed by atoms with E-state index in [0.29, 0.717) is 12.2 Å². The van der Waals surface area contributed by atoms with E-state index in [2.05, 4.69) is 5.32 Å². The summed E-state index contributed by atoms with van der Waals surface area (Å²) in [6.45, 7) is 0. The fourth-order valence-corrected chi connectivity index (χ4v) is 2.85. The number of benzene rings is 2. The van der Waals surface area contributed by atoms with Gasteiger partial charge in [0.15, 0.2) is 0 Å². The van der Waals surface area contributed by atoms with Gasteiger partial charge in [-0.2, -0.15) is 0 Å². The number of rotatable bonds is 6. The largest absolute Gasteiger partial charge is 0.497 e. The minimum absolute atomic E-state index is 0.111. The van der Waals surface area contributed by atoms with Crippen LogP contribution in [0.15, 0.2) is 66.3 Å². The van der Waals surface area contributed by atoms with Crippen molar-refractivity contribution in [3.8, 4) is 11.5 Å². The lowest BCUT2D eigenvalue weighted by Gasteiger charge is -2.27. The molecule has 1 heterocycles. The van der Waals surface area contributed by atoms with Crippen molar-refractivity contribution in [1.29, 1.82) is 0 Å². The van der Waals surface area contributed by atoms with Gasteiger partial charge in [0.1, 0.15) is 17.1 Å². The molecule has 0 unspecified atom stereocenters. The second-order valence-electron chi connectivity index (χ2n) is 6.10. The van der Waals surface area contributed by atoms with Crippen molar-refractivity contribution in [3.63, 3.8) is 0 Å². The Morgan fingerprint density at radius 3 is 2.45 bits per heavy atom. The summed E-state index contributed by atoms with van der Waals surface area (Å²) >= 11 is 0. The molecule has 0 atom stereocenters. The van der Waals surface area contributed by atoms with Gasteiger partial charge in [-0.1, -0.05) is 48.6 Å². The smallest absolute Gasteiger partial charge is 0.336 e. The van der Waals surface area contributed by atoms with Gasteiger partial charge < -0.3 is 9.47 Å². The minimum atomic E-state index is -0.833. The number of carbonyl (C=O) groups is 3. The molecule has 0 aromatic heterocycles. The van der Waals surface area contributed by atoms with Gasteiger partial charge in [0.25, 0.3) is 11.8 Å². The number of carbonyl (C=O) groups excluding carboxylic acids is 3. The summed E-state index contributed by atoms with van der Waals surface area (Å²) in [4.78, 5) is 38.3. The SMILES string of the molecule is COc1ccc(N2C(=O)NC(=O)C(=CCC=Cc3ccccc3)C2=O)c(OC)c1. The minimum Gasteiger partial charge on any atom is -0.497 e. The lowest BCUT2D eigenvalue weighted by molar-refractivity contribution is -0.122. The number of imide groups is 2. The van der Waals surface area contributed by atoms with E-state index in [1.54, 1.807) is 12.1 Å². The summed E-state index contributed by atoms with van der Waals surface area (Å²) < 4.78 is 10.4. The molecule has 4 amide bonds. The van der Waals surface area contributed by atoms with Gasteiger partial charge in [-0.15, -0.1) is 0 Å². The van der Waals surface area contributed by atoms with Gasteiger partial charge >= 0.3 is 6.03 Å². The third-order valence-corrected chi connectivity index (χ3v) is 4.30. The third kappa shape index (κ3) is 4.35. The Labute approximate surface area is 168 Å². The Bertz CT molecular complexity index is 996. The molecule has 148 valence electrons. The zero-order valence-corrected chi connectivity index (χ0v) is 16.0. The number of amides is 4. The predicted octanol–water partition coefficient (Wildman–Crippen LogP) is 3.32. The van der Waals surface area contributed by atoms with E-state index in [1.165, 1.54) is 26.4 Å². The topological polar surface area (TPSA) is 84.9 Å². The normalized spacial score (nSPS) is 15.7. The molecule has 3 rings (SSSR count). The maximum absolute atomic E-state index is 12.9. The van der Waals surface area contributed by atoms with Crippen LogP contribution in [0.2, 0.25) is 0 Å². The summed E-state index contributed by atoms with van der Waals surface area (Å²) in [5.74, 6) is -0.661. The fraction of sp³-hybridized carbons (Fsp3) is 0.136. The molecule has 1 aliphatic heterocycles. The molecule has 7 nitrogen and oxygen atoms in total. The molecule has 0 aliphatic carbocycles. The molecule has 2 aromatic rings. The molecule has 1 saturated heterocycles. The molecule has 1 aliphatic rings. The van der Waals surface area contributed by atoms with Crippen LogP contribution in [0.4, 0.5) is 10.5 Å². The molecule has 1 fully saturated rings. The molecule has 29 heavy (non-hydrogen) atoms. The highest BCUT2D eigenvalue weighted by molar-refractivity contribution is 6.37. The predicted molar refractivity (Wildman–Crippen MR) is 109 cm³/mol. The Balaban J connectivity index is 1.85. The first kappa shape index (κ1) is 19.9. The maximum Gasteiger partial charge on any atom is 0.336 e. The number of hydrogen-bond donors (Lipinski definition) is 1. The number of hydrogen-bond acceptors (Lipinski definition) is 5. The number of methoxy groups -OCH3 is 2. The van der Waals surface area contributed by atoms with Crippen LogP contribution in [0.3, 0.4) is 0 Å². The highest BCUT2D eigenvalue weighted by Gasteiger charge is 2.37. The standard InChI is InChI=1S/C22H20N2O5/c1-28-16-12-13-18(19(14-16)29-2)24-21(26)17(20(25)23-22(24)27)11-7-6-10-15-8-4-3-5-9-15/h3-6,8-14H,7H2,1-2H3,(H,23,25,27). The Morgan fingerprint density at radius 1 is 1.00 bits per heavy atom. The van der Waals surface area contributed by atoms with Crippen molar-refractivity contribution in [2.24, 2.45) is 0 Å². The highest BCUT2D eigenvalue weighted by atomic mass is 16.5. The molecule has 0 spiro atoms. The van der Waals surface area contributed by atoms with E-state index in [9.17, 15) is 14.4 Å². The second kappa shape index (κ2) is 8.88. The van der Waals surface area contributed by atoms with Crippen LogP contribution >= 0.6 is 0 Å². The van der Waals surface area contributed by atoms with E-state index in [4.69, 9.17) is 9.47 Å². The lowest BCUT2D eigenvalue weighted by Crippen LogP contribution is -2.54. The molecule has 7 heteroatoms. The van der Waals surface area contributed by atoms with E-state index in [0.717, 1.165) is 10.5 Å². The summed E-state index contributed by atoms with van der Waals surface area (Å²) in [7, 11) is 2.91. The van der Waals surface area contributed by atoms with Crippen LogP contribution in [-0.2, 0) is 9.59 Å². The maximum atomic E-state index is 12.9. The van der Waals surface area contributed by atoms with E-state index in [-0.39, 0.29) is 17.0 Å². The number of ether oxygens (including phenoxy) is 2. The van der Waals surface area contributed by atoms with Crippen LogP contribution in [0.5, 0.6) is 11.5 Å². The first-order valence-corrected chi connectivity index (χ1v) is 8.88. The van der Waals surface area contributed by atoms with Gasteiger partial charge in [0.2, 0.25) is 0 Å². The number of barbiturate groups is 1. The van der Waals surface area contributed by atoms with Crippen LogP contribution < -0.4 is 19.7 Å². The first-order chi connectivity index (χ1) is 14.0. The molecule has 0 bridgehead atoms. The van der Waals surface area contributed by atoms with Crippen LogP contribution in [0.25, 0.3) is 6.08 Å². The van der Waals surface area contributed by atoms with Crippen molar-refractivity contribution < 1.29 is 23.9 Å². The number of anilines is 1.